The number of aldehydes is 1. The van der Waals surface area contributed by atoms with Crippen LogP contribution in [0.3, 0.4) is 0 Å². The van der Waals surface area contributed by atoms with Crippen molar-refractivity contribution in [2.75, 3.05) is 23.7 Å². The van der Waals surface area contributed by atoms with E-state index >= 15 is 0 Å². The summed E-state index contributed by atoms with van der Waals surface area (Å²) < 4.78 is 1.94. The lowest BCUT2D eigenvalue weighted by Crippen LogP contribution is -2.21. The van der Waals surface area contributed by atoms with Gasteiger partial charge in [0.15, 0.2) is 23.0 Å². The number of thioether (sulfide) groups is 1. The molecule has 0 N–H and O–H groups in total. The molecule has 16 heavy (non-hydrogen) atoms. The fourth-order valence-corrected chi connectivity index (χ4v) is 3.10. The number of imidazole rings is 1. The van der Waals surface area contributed by atoms with Crippen LogP contribution in [0.25, 0.3) is 0 Å². The normalized spacial score (nSPS) is 19.2. The highest BCUT2D eigenvalue weighted by Crippen LogP contribution is 2.32. The number of hydrogen-bond donors (Lipinski definition) is 0. The van der Waals surface area contributed by atoms with Gasteiger partial charge in [-0.05, 0) is 0 Å². The van der Waals surface area contributed by atoms with Crippen molar-refractivity contribution in [3.63, 3.8) is 0 Å². The summed E-state index contributed by atoms with van der Waals surface area (Å²) >= 11 is 1.66. The van der Waals surface area contributed by atoms with Gasteiger partial charge in [0.2, 0.25) is 0 Å². The first-order valence-electron chi connectivity index (χ1n) is 5.25. The molecule has 84 valence electrons. The van der Waals surface area contributed by atoms with Crippen LogP contribution in [-0.2, 0) is 11.3 Å². The maximum atomic E-state index is 11.2. The van der Waals surface area contributed by atoms with Crippen LogP contribution in [0.1, 0.15) is 16.9 Å². The molecule has 0 spiro atoms. The van der Waals surface area contributed by atoms with Crippen LogP contribution in [-0.4, -0.2) is 40.5 Å². The van der Waals surface area contributed by atoms with Crippen molar-refractivity contribution >= 4 is 29.6 Å². The van der Waals surface area contributed by atoms with E-state index in [9.17, 15) is 9.59 Å². The molecule has 6 heteroatoms. The highest BCUT2D eigenvalue weighted by atomic mass is 32.2. The molecule has 3 heterocycles. The van der Waals surface area contributed by atoms with Crippen molar-refractivity contribution in [3.8, 4) is 0 Å². The Labute approximate surface area is 96.8 Å². The first-order chi connectivity index (χ1) is 7.79. The number of carbonyl (C=O) groups is 2. The largest absolute Gasteiger partial charge is 0.347 e. The third-order valence-electron chi connectivity index (χ3n) is 2.94. The number of fused-ring (bicyclic) bond motifs is 1. The third-order valence-corrected chi connectivity index (χ3v) is 3.89. The van der Waals surface area contributed by atoms with Crippen molar-refractivity contribution in [1.82, 2.24) is 9.55 Å². The smallest absolute Gasteiger partial charge is 0.170 e. The second kappa shape index (κ2) is 3.62. The Balaban J connectivity index is 2.01. The van der Waals surface area contributed by atoms with Crippen LogP contribution in [0, 0.1) is 0 Å². The van der Waals surface area contributed by atoms with E-state index in [0.717, 1.165) is 23.7 Å². The predicted molar refractivity (Wildman–Crippen MR) is 60.2 cm³/mol. The highest BCUT2D eigenvalue weighted by Gasteiger charge is 2.28. The molecule has 0 aromatic carbocycles. The van der Waals surface area contributed by atoms with Crippen LogP contribution in [0.2, 0.25) is 0 Å². The second-order valence-electron chi connectivity index (χ2n) is 3.93. The van der Waals surface area contributed by atoms with Gasteiger partial charge in [0.25, 0.3) is 0 Å². The van der Waals surface area contributed by atoms with Crippen molar-refractivity contribution in [2.24, 2.45) is 0 Å². The predicted octanol–water partition coefficient (Wildman–Crippen LogP) is 0.580. The Morgan fingerprint density at radius 1 is 1.38 bits per heavy atom. The monoisotopic (exact) mass is 237 g/mol. The number of Topliss-reactive ketones (excluding diaryl/α,β-unsaturated/α-hetero) is 1. The molecule has 0 atom stereocenters. The zero-order valence-electron chi connectivity index (χ0n) is 8.68. The first-order valence-corrected chi connectivity index (χ1v) is 6.23. The molecule has 3 rings (SSSR count). The lowest BCUT2D eigenvalue weighted by Gasteiger charge is -2.14. The van der Waals surface area contributed by atoms with Gasteiger partial charge >= 0.3 is 0 Å². The molecule has 0 saturated carbocycles. The maximum Gasteiger partial charge on any atom is 0.170 e. The van der Waals surface area contributed by atoms with E-state index in [1.807, 2.05) is 9.47 Å². The minimum Gasteiger partial charge on any atom is -0.347 e. The molecule has 0 amide bonds. The van der Waals surface area contributed by atoms with Gasteiger partial charge in [0.1, 0.15) is 5.69 Å². The van der Waals surface area contributed by atoms with Crippen LogP contribution in [0.15, 0.2) is 5.16 Å². The average Bonchev–Trinajstić information content (AvgIpc) is 2.90. The van der Waals surface area contributed by atoms with Crippen LogP contribution in [0.5, 0.6) is 0 Å². The molecule has 0 aliphatic carbocycles. The van der Waals surface area contributed by atoms with E-state index in [-0.39, 0.29) is 5.78 Å². The van der Waals surface area contributed by atoms with Gasteiger partial charge in [0.05, 0.1) is 6.54 Å². The summed E-state index contributed by atoms with van der Waals surface area (Å²) in [5, 5.41) is 0.899. The van der Waals surface area contributed by atoms with Gasteiger partial charge in [-0.3, -0.25) is 9.59 Å². The molecule has 1 aromatic heterocycles. The Kier molecular flexibility index (Phi) is 2.24. The van der Waals surface area contributed by atoms with Gasteiger partial charge in [-0.15, -0.1) is 0 Å². The number of carbonyl (C=O) groups excluding carboxylic acids is 2. The van der Waals surface area contributed by atoms with Gasteiger partial charge in [-0.1, -0.05) is 11.8 Å². The summed E-state index contributed by atoms with van der Waals surface area (Å²) in [5.41, 5.74) is 0.620. The fraction of sp³-hybridized carbons (Fsp3) is 0.500. The first kappa shape index (κ1) is 9.89. The maximum absolute atomic E-state index is 11.2. The molecule has 2 aliphatic rings. The molecule has 2 aliphatic heterocycles. The zero-order valence-corrected chi connectivity index (χ0v) is 9.50. The number of ketones is 1. The van der Waals surface area contributed by atoms with Crippen molar-refractivity contribution in [2.45, 2.75) is 18.1 Å². The van der Waals surface area contributed by atoms with Gasteiger partial charge < -0.3 is 9.47 Å². The van der Waals surface area contributed by atoms with E-state index in [4.69, 9.17) is 0 Å². The van der Waals surface area contributed by atoms with Crippen LogP contribution in [0.4, 0.5) is 5.82 Å². The third kappa shape index (κ3) is 1.36. The standard InChI is InChI=1S/C10H11N3O2S/c14-6-8-9(12-2-1-7(15)5-12)11-10-13(8)3-4-16-10/h6H,1-5H2. The van der Waals surface area contributed by atoms with Crippen molar-refractivity contribution < 1.29 is 9.59 Å². The van der Waals surface area contributed by atoms with E-state index in [2.05, 4.69) is 4.98 Å². The zero-order chi connectivity index (χ0) is 11.1. The SMILES string of the molecule is O=Cc1c(N2CCC(=O)C2)nc2n1CCS2. The van der Waals surface area contributed by atoms with Crippen LogP contribution < -0.4 is 4.90 Å². The number of hydrogen-bond acceptors (Lipinski definition) is 5. The van der Waals surface area contributed by atoms with E-state index in [1.165, 1.54) is 0 Å². The lowest BCUT2D eigenvalue weighted by atomic mass is 10.4. The summed E-state index contributed by atoms with van der Waals surface area (Å²) in [5.74, 6) is 1.88. The highest BCUT2D eigenvalue weighted by molar-refractivity contribution is 7.99. The Hall–Kier alpha value is -1.30. The summed E-state index contributed by atoms with van der Waals surface area (Å²) in [6, 6.07) is 0. The minimum absolute atomic E-state index is 0.220. The van der Waals surface area contributed by atoms with Gasteiger partial charge in [0, 0.05) is 25.3 Å². The quantitative estimate of drug-likeness (QED) is 0.704. The molecular weight excluding hydrogens is 226 g/mol. The molecule has 5 nitrogen and oxygen atoms in total. The molecule has 1 saturated heterocycles. The van der Waals surface area contributed by atoms with Crippen molar-refractivity contribution in [3.05, 3.63) is 5.69 Å². The summed E-state index contributed by atoms with van der Waals surface area (Å²) in [7, 11) is 0. The minimum atomic E-state index is 0.220. The van der Waals surface area contributed by atoms with Gasteiger partial charge in [-0.25, -0.2) is 4.98 Å². The number of rotatable bonds is 2. The molecule has 1 fully saturated rings. The van der Waals surface area contributed by atoms with E-state index in [0.29, 0.717) is 31.0 Å². The van der Waals surface area contributed by atoms with Crippen molar-refractivity contribution in [1.29, 1.82) is 0 Å². The summed E-state index contributed by atoms with van der Waals surface area (Å²) in [6.07, 6.45) is 1.41. The number of nitrogens with zero attached hydrogens (tertiary/aromatic N) is 3. The molecule has 0 unspecified atom stereocenters. The van der Waals surface area contributed by atoms with Crippen LogP contribution >= 0.6 is 11.8 Å². The Morgan fingerprint density at radius 2 is 2.25 bits per heavy atom. The lowest BCUT2D eigenvalue weighted by molar-refractivity contribution is -0.116. The Morgan fingerprint density at radius 3 is 2.94 bits per heavy atom. The van der Waals surface area contributed by atoms with E-state index in [1.54, 1.807) is 11.8 Å². The summed E-state index contributed by atoms with van der Waals surface area (Å²) in [6.45, 7) is 1.91. The summed E-state index contributed by atoms with van der Waals surface area (Å²) in [4.78, 5) is 28.7. The molecule has 0 bridgehead atoms. The average molecular weight is 237 g/mol. The topological polar surface area (TPSA) is 55.2 Å². The number of aromatic nitrogens is 2. The van der Waals surface area contributed by atoms with Gasteiger partial charge in [-0.2, -0.15) is 0 Å². The Bertz CT molecular complexity index is 469. The second-order valence-corrected chi connectivity index (χ2v) is 4.99. The van der Waals surface area contributed by atoms with E-state index < -0.39 is 0 Å². The number of anilines is 1. The molecular formula is C10H11N3O2S. The molecule has 0 radical (unpaired) electrons. The molecule has 1 aromatic rings. The fourth-order valence-electron chi connectivity index (χ4n) is 2.15.